The van der Waals surface area contributed by atoms with E-state index in [1.807, 2.05) is 62.5 Å². The lowest BCUT2D eigenvalue weighted by molar-refractivity contribution is -0.127. The molecule has 0 N–H and O–H groups in total. The van der Waals surface area contributed by atoms with Crippen LogP contribution < -0.4 is 0 Å². The highest BCUT2D eigenvalue weighted by Crippen LogP contribution is 2.26. The van der Waals surface area contributed by atoms with Crippen LogP contribution in [0.25, 0.3) is 6.08 Å². The van der Waals surface area contributed by atoms with Crippen molar-refractivity contribution in [2.24, 2.45) is 7.05 Å². The highest BCUT2D eigenvalue weighted by atomic mass is 16.2. The Hall–Kier alpha value is -2.47. The second-order valence-corrected chi connectivity index (χ2v) is 7.14. The van der Waals surface area contributed by atoms with Gasteiger partial charge < -0.3 is 14.4 Å². The second kappa shape index (κ2) is 8.27. The van der Waals surface area contributed by atoms with E-state index < -0.39 is 0 Å². The monoisotopic (exact) mass is 353 g/mol. The van der Waals surface area contributed by atoms with Gasteiger partial charge in [-0.3, -0.25) is 4.79 Å². The maximum Gasteiger partial charge on any atom is 0.246 e. The summed E-state index contributed by atoms with van der Waals surface area (Å²) in [6.45, 7) is 2.27. The molecule has 3 rings (SSSR count). The number of piperidine rings is 1. The number of nitrogens with zero attached hydrogens (tertiary/aromatic N) is 5. The summed E-state index contributed by atoms with van der Waals surface area (Å²) < 4.78 is 2.08. The first-order chi connectivity index (χ1) is 12.5. The van der Waals surface area contributed by atoms with Crippen LogP contribution in [0.4, 0.5) is 0 Å². The maximum atomic E-state index is 12.6. The fraction of sp³-hybridized carbons (Fsp3) is 0.450. The number of hydrogen-bond donors (Lipinski definition) is 0. The molecule has 2 aromatic rings. The van der Waals surface area contributed by atoms with E-state index in [0.29, 0.717) is 6.54 Å². The standard InChI is InChI=1S/C20H27N5O/c1-23(2)15-18-21-22-20(24(18)3)17-10-7-13-25(14-17)19(26)12-11-16-8-5-4-6-9-16/h4-6,8-9,11-12,17H,7,10,13-15H2,1-3H3. The first-order valence-electron chi connectivity index (χ1n) is 9.09. The summed E-state index contributed by atoms with van der Waals surface area (Å²) in [6, 6.07) is 9.91. The van der Waals surface area contributed by atoms with Crippen molar-refractivity contribution < 1.29 is 4.79 Å². The van der Waals surface area contributed by atoms with E-state index in [-0.39, 0.29) is 11.8 Å². The molecule has 1 atom stereocenters. The van der Waals surface area contributed by atoms with Crippen molar-refractivity contribution in [1.29, 1.82) is 0 Å². The van der Waals surface area contributed by atoms with E-state index in [9.17, 15) is 4.79 Å². The molecule has 0 saturated carbocycles. The van der Waals surface area contributed by atoms with Crippen molar-refractivity contribution >= 4 is 12.0 Å². The Morgan fingerprint density at radius 3 is 2.77 bits per heavy atom. The summed E-state index contributed by atoms with van der Waals surface area (Å²) in [5.41, 5.74) is 1.04. The van der Waals surface area contributed by atoms with Gasteiger partial charge in [0.15, 0.2) is 0 Å². The van der Waals surface area contributed by atoms with Gasteiger partial charge in [-0.05, 0) is 38.6 Å². The van der Waals surface area contributed by atoms with Crippen molar-refractivity contribution in [3.05, 3.63) is 53.6 Å². The van der Waals surface area contributed by atoms with Crippen LogP contribution in [-0.2, 0) is 18.4 Å². The molecule has 2 heterocycles. The summed E-state index contributed by atoms with van der Waals surface area (Å²) in [7, 11) is 6.06. The molecule has 1 aromatic carbocycles. The van der Waals surface area contributed by atoms with Crippen LogP contribution in [0.5, 0.6) is 0 Å². The first-order valence-corrected chi connectivity index (χ1v) is 9.09. The van der Waals surface area contributed by atoms with Crippen LogP contribution in [0.2, 0.25) is 0 Å². The minimum Gasteiger partial charge on any atom is -0.338 e. The number of benzene rings is 1. The van der Waals surface area contributed by atoms with Crippen LogP contribution in [-0.4, -0.2) is 57.7 Å². The van der Waals surface area contributed by atoms with Gasteiger partial charge in [0.2, 0.25) is 5.91 Å². The summed E-state index contributed by atoms with van der Waals surface area (Å²) in [5.74, 6) is 2.24. The van der Waals surface area contributed by atoms with E-state index in [4.69, 9.17) is 0 Å². The highest BCUT2D eigenvalue weighted by Gasteiger charge is 2.27. The molecule has 1 aromatic heterocycles. The maximum absolute atomic E-state index is 12.6. The number of amides is 1. The SMILES string of the molecule is CN(C)Cc1nnc(C2CCCN(C(=O)C=Cc3ccccc3)C2)n1C. The minimum atomic E-state index is 0.0641. The lowest BCUT2D eigenvalue weighted by Crippen LogP contribution is -2.38. The first kappa shape index (κ1) is 18.3. The van der Waals surface area contributed by atoms with Gasteiger partial charge >= 0.3 is 0 Å². The van der Waals surface area contributed by atoms with E-state index in [2.05, 4.69) is 19.7 Å². The molecule has 1 aliphatic rings. The smallest absolute Gasteiger partial charge is 0.246 e. The van der Waals surface area contributed by atoms with E-state index >= 15 is 0 Å². The van der Waals surface area contributed by atoms with Crippen molar-refractivity contribution in [2.45, 2.75) is 25.3 Å². The van der Waals surface area contributed by atoms with Crippen molar-refractivity contribution in [3.8, 4) is 0 Å². The van der Waals surface area contributed by atoms with Crippen LogP contribution in [0.15, 0.2) is 36.4 Å². The molecule has 0 spiro atoms. The summed E-state index contributed by atoms with van der Waals surface area (Å²) in [6.07, 6.45) is 5.58. The number of likely N-dealkylation sites (tertiary alicyclic amines) is 1. The van der Waals surface area contributed by atoms with Crippen LogP contribution in [0.1, 0.15) is 36.0 Å². The fourth-order valence-corrected chi connectivity index (χ4v) is 3.38. The average molecular weight is 353 g/mol. The van der Waals surface area contributed by atoms with Crippen molar-refractivity contribution in [3.63, 3.8) is 0 Å². The highest BCUT2D eigenvalue weighted by molar-refractivity contribution is 5.91. The van der Waals surface area contributed by atoms with Crippen LogP contribution in [0, 0.1) is 0 Å². The Kier molecular flexibility index (Phi) is 5.83. The third-order valence-electron chi connectivity index (χ3n) is 4.77. The van der Waals surface area contributed by atoms with E-state index in [1.165, 1.54) is 0 Å². The van der Waals surface area contributed by atoms with Crippen molar-refractivity contribution in [2.75, 3.05) is 27.2 Å². The summed E-state index contributed by atoms with van der Waals surface area (Å²) in [4.78, 5) is 16.6. The Bertz CT molecular complexity index is 766. The summed E-state index contributed by atoms with van der Waals surface area (Å²) in [5, 5.41) is 8.74. The number of aromatic nitrogens is 3. The molecule has 1 amide bonds. The molecule has 6 heteroatoms. The van der Waals surface area contributed by atoms with Gasteiger partial charge in [-0.15, -0.1) is 10.2 Å². The minimum absolute atomic E-state index is 0.0641. The molecule has 1 unspecified atom stereocenters. The zero-order chi connectivity index (χ0) is 18.5. The largest absolute Gasteiger partial charge is 0.338 e. The van der Waals surface area contributed by atoms with Crippen LogP contribution >= 0.6 is 0 Å². The second-order valence-electron chi connectivity index (χ2n) is 7.14. The Morgan fingerprint density at radius 1 is 1.27 bits per heavy atom. The lowest BCUT2D eigenvalue weighted by Gasteiger charge is -2.31. The topological polar surface area (TPSA) is 54.3 Å². The Labute approximate surface area is 155 Å². The quantitative estimate of drug-likeness (QED) is 0.774. The zero-order valence-corrected chi connectivity index (χ0v) is 15.8. The number of rotatable bonds is 5. The number of carbonyl (C=O) groups excluding carboxylic acids is 1. The molecule has 138 valence electrons. The van der Waals surface area contributed by atoms with Gasteiger partial charge in [0.1, 0.15) is 11.6 Å². The molecule has 1 fully saturated rings. The van der Waals surface area contributed by atoms with Gasteiger partial charge in [-0.1, -0.05) is 30.3 Å². The lowest BCUT2D eigenvalue weighted by atomic mass is 9.97. The van der Waals surface area contributed by atoms with Gasteiger partial charge in [0.25, 0.3) is 0 Å². The average Bonchev–Trinajstić information content (AvgIpc) is 3.00. The van der Waals surface area contributed by atoms with E-state index in [1.54, 1.807) is 6.08 Å². The van der Waals surface area contributed by atoms with Crippen LogP contribution in [0.3, 0.4) is 0 Å². The van der Waals surface area contributed by atoms with Gasteiger partial charge in [0, 0.05) is 32.1 Å². The molecule has 0 bridgehead atoms. The Balaban J connectivity index is 1.66. The summed E-state index contributed by atoms with van der Waals surface area (Å²) >= 11 is 0. The third kappa shape index (κ3) is 4.38. The molecule has 1 saturated heterocycles. The van der Waals surface area contributed by atoms with Gasteiger partial charge in [-0.2, -0.15) is 0 Å². The number of carbonyl (C=O) groups is 1. The molecule has 0 aliphatic carbocycles. The predicted octanol–water partition coefficient (Wildman–Crippen LogP) is 2.30. The molecule has 1 aliphatic heterocycles. The molecular weight excluding hydrogens is 326 g/mol. The van der Waals surface area contributed by atoms with Crippen molar-refractivity contribution in [1.82, 2.24) is 24.6 Å². The molecular formula is C20H27N5O. The normalized spacial score (nSPS) is 18.0. The Morgan fingerprint density at radius 2 is 2.04 bits per heavy atom. The van der Waals surface area contributed by atoms with Gasteiger partial charge in [-0.25, -0.2) is 0 Å². The fourth-order valence-electron chi connectivity index (χ4n) is 3.38. The molecule has 26 heavy (non-hydrogen) atoms. The molecule has 0 radical (unpaired) electrons. The van der Waals surface area contributed by atoms with Gasteiger partial charge in [0.05, 0.1) is 6.54 Å². The number of hydrogen-bond acceptors (Lipinski definition) is 4. The zero-order valence-electron chi connectivity index (χ0n) is 15.8. The van der Waals surface area contributed by atoms with E-state index in [0.717, 1.165) is 43.1 Å². The predicted molar refractivity (Wildman–Crippen MR) is 102 cm³/mol. The third-order valence-corrected chi connectivity index (χ3v) is 4.77. The molecule has 6 nitrogen and oxygen atoms in total.